The summed E-state index contributed by atoms with van der Waals surface area (Å²) in [4.78, 5) is 12.3. The summed E-state index contributed by atoms with van der Waals surface area (Å²) in [7, 11) is 0. The second kappa shape index (κ2) is 6.02. The summed E-state index contributed by atoms with van der Waals surface area (Å²) >= 11 is 5.99. The summed E-state index contributed by atoms with van der Waals surface area (Å²) in [6, 6.07) is 6.01. The average Bonchev–Trinajstić information content (AvgIpc) is 2.85. The zero-order valence-electron chi connectivity index (χ0n) is 11.3. The number of piperidine rings is 1. The summed E-state index contributed by atoms with van der Waals surface area (Å²) in [6.07, 6.45) is 4.22. The highest BCUT2D eigenvalue weighted by Gasteiger charge is 2.26. The van der Waals surface area contributed by atoms with E-state index in [0.29, 0.717) is 30.3 Å². The van der Waals surface area contributed by atoms with E-state index in [0.717, 1.165) is 18.5 Å². The summed E-state index contributed by atoms with van der Waals surface area (Å²) < 4.78 is 5.54. The Morgan fingerprint density at radius 3 is 3.15 bits per heavy atom. The van der Waals surface area contributed by atoms with E-state index in [1.807, 2.05) is 12.1 Å². The molecular formula is C15H19ClN2O2. The lowest BCUT2D eigenvalue weighted by Gasteiger charge is -2.23. The highest BCUT2D eigenvalue weighted by atomic mass is 35.5. The third-order valence-electron chi connectivity index (χ3n) is 3.89. The highest BCUT2D eigenvalue weighted by molar-refractivity contribution is 6.20. The fourth-order valence-electron chi connectivity index (χ4n) is 2.82. The van der Waals surface area contributed by atoms with Gasteiger partial charge in [0, 0.05) is 24.6 Å². The van der Waals surface area contributed by atoms with E-state index in [1.54, 1.807) is 6.07 Å². The lowest BCUT2D eigenvalue weighted by atomic mass is 10.0. The molecule has 20 heavy (non-hydrogen) atoms. The standard InChI is InChI=1S/C15H19ClN2O2/c16-13-8-10-4-3-6-12(14(10)20-13)15(19)18-9-11-5-1-2-7-17-11/h3-4,6,11,13,17H,1-2,5,7-9H2,(H,18,19). The lowest BCUT2D eigenvalue weighted by molar-refractivity contribution is 0.0944. The lowest BCUT2D eigenvalue weighted by Crippen LogP contribution is -2.43. The van der Waals surface area contributed by atoms with Gasteiger partial charge in [-0.2, -0.15) is 0 Å². The van der Waals surface area contributed by atoms with Crippen LogP contribution < -0.4 is 15.4 Å². The molecule has 0 spiro atoms. The predicted octanol–water partition coefficient (Wildman–Crippen LogP) is 2.06. The fourth-order valence-corrected chi connectivity index (χ4v) is 3.07. The van der Waals surface area contributed by atoms with Crippen LogP contribution in [0.5, 0.6) is 5.75 Å². The van der Waals surface area contributed by atoms with Crippen LogP contribution in [0.25, 0.3) is 0 Å². The molecule has 0 aliphatic carbocycles. The molecule has 5 heteroatoms. The molecule has 2 heterocycles. The number of hydrogen-bond acceptors (Lipinski definition) is 3. The molecule has 2 aliphatic rings. The van der Waals surface area contributed by atoms with Gasteiger partial charge in [0.05, 0.1) is 5.56 Å². The number of halogens is 1. The van der Waals surface area contributed by atoms with Crippen LogP contribution in [-0.4, -0.2) is 30.6 Å². The number of para-hydroxylation sites is 1. The van der Waals surface area contributed by atoms with Crippen LogP contribution in [0.15, 0.2) is 18.2 Å². The van der Waals surface area contributed by atoms with E-state index in [4.69, 9.17) is 16.3 Å². The first-order chi connectivity index (χ1) is 9.74. The van der Waals surface area contributed by atoms with Crippen molar-refractivity contribution in [1.29, 1.82) is 0 Å². The van der Waals surface area contributed by atoms with Gasteiger partial charge in [-0.05, 0) is 25.5 Å². The van der Waals surface area contributed by atoms with Gasteiger partial charge < -0.3 is 15.4 Å². The van der Waals surface area contributed by atoms with Crippen molar-refractivity contribution >= 4 is 17.5 Å². The molecule has 1 saturated heterocycles. The van der Waals surface area contributed by atoms with Gasteiger partial charge in [0.2, 0.25) is 0 Å². The van der Waals surface area contributed by atoms with Crippen molar-refractivity contribution < 1.29 is 9.53 Å². The molecule has 4 nitrogen and oxygen atoms in total. The molecule has 1 amide bonds. The quantitative estimate of drug-likeness (QED) is 0.839. The normalized spacial score (nSPS) is 24.9. The number of nitrogens with one attached hydrogen (secondary N) is 2. The highest BCUT2D eigenvalue weighted by Crippen LogP contribution is 2.33. The Balaban J connectivity index is 1.64. The van der Waals surface area contributed by atoms with Crippen molar-refractivity contribution in [2.24, 2.45) is 0 Å². The minimum atomic E-state index is -0.362. The third-order valence-corrected chi connectivity index (χ3v) is 4.13. The number of ether oxygens (including phenoxy) is 1. The first-order valence-electron chi connectivity index (χ1n) is 7.18. The van der Waals surface area contributed by atoms with Crippen LogP contribution in [0.1, 0.15) is 35.2 Å². The van der Waals surface area contributed by atoms with Crippen molar-refractivity contribution in [2.45, 2.75) is 37.3 Å². The molecule has 0 radical (unpaired) electrons. The van der Waals surface area contributed by atoms with Crippen molar-refractivity contribution in [3.8, 4) is 5.75 Å². The van der Waals surface area contributed by atoms with Crippen molar-refractivity contribution in [1.82, 2.24) is 10.6 Å². The fraction of sp³-hybridized carbons (Fsp3) is 0.533. The number of hydrogen-bond donors (Lipinski definition) is 2. The Labute approximate surface area is 123 Å². The van der Waals surface area contributed by atoms with Gasteiger partial charge in [-0.3, -0.25) is 4.79 Å². The predicted molar refractivity (Wildman–Crippen MR) is 78.4 cm³/mol. The number of amides is 1. The monoisotopic (exact) mass is 294 g/mol. The van der Waals surface area contributed by atoms with Crippen LogP contribution >= 0.6 is 11.6 Å². The number of carbonyl (C=O) groups is 1. The Morgan fingerprint density at radius 1 is 1.45 bits per heavy atom. The zero-order valence-corrected chi connectivity index (χ0v) is 12.1. The molecule has 3 rings (SSSR count). The molecular weight excluding hydrogens is 276 g/mol. The summed E-state index contributed by atoms with van der Waals surface area (Å²) in [5, 5.41) is 6.41. The molecule has 1 fully saturated rings. The first kappa shape index (κ1) is 13.7. The van der Waals surface area contributed by atoms with E-state index in [9.17, 15) is 4.79 Å². The van der Waals surface area contributed by atoms with Gasteiger partial charge in [0.25, 0.3) is 5.91 Å². The summed E-state index contributed by atoms with van der Waals surface area (Å²) in [6.45, 7) is 1.70. The maximum absolute atomic E-state index is 12.3. The molecule has 2 N–H and O–H groups in total. The Kier molecular flexibility index (Phi) is 4.13. The zero-order chi connectivity index (χ0) is 13.9. The molecule has 0 saturated carbocycles. The molecule has 2 unspecified atom stereocenters. The second-order valence-electron chi connectivity index (χ2n) is 5.38. The molecule has 2 aliphatic heterocycles. The van der Waals surface area contributed by atoms with E-state index >= 15 is 0 Å². The largest absolute Gasteiger partial charge is 0.473 e. The van der Waals surface area contributed by atoms with Gasteiger partial charge >= 0.3 is 0 Å². The van der Waals surface area contributed by atoms with Crippen LogP contribution in [0, 0.1) is 0 Å². The Morgan fingerprint density at radius 2 is 2.35 bits per heavy atom. The first-order valence-corrected chi connectivity index (χ1v) is 7.62. The van der Waals surface area contributed by atoms with E-state index in [2.05, 4.69) is 10.6 Å². The number of alkyl halides is 1. The number of rotatable bonds is 3. The van der Waals surface area contributed by atoms with Gasteiger partial charge in [-0.15, -0.1) is 0 Å². The molecule has 0 aromatic heterocycles. The molecule has 108 valence electrons. The summed E-state index contributed by atoms with van der Waals surface area (Å²) in [5.41, 5.74) is 1.23. The van der Waals surface area contributed by atoms with Gasteiger partial charge in [-0.25, -0.2) is 0 Å². The van der Waals surface area contributed by atoms with Crippen molar-refractivity contribution in [3.05, 3.63) is 29.3 Å². The van der Waals surface area contributed by atoms with Crippen LogP contribution in [-0.2, 0) is 6.42 Å². The summed E-state index contributed by atoms with van der Waals surface area (Å²) in [5.74, 6) is 0.557. The SMILES string of the molecule is O=C(NCC1CCCCN1)c1cccc2c1OC(Cl)C2. The topological polar surface area (TPSA) is 50.4 Å². The maximum Gasteiger partial charge on any atom is 0.255 e. The van der Waals surface area contributed by atoms with Crippen LogP contribution in [0.3, 0.4) is 0 Å². The minimum Gasteiger partial charge on any atom is -0.473 e. The third kappa shape index (κ3) is 2.91. The van der Waals surface area contributed by atoms with Gasteiger partial charge in [-0.1, -0.05) is 30.2 Å². The molecule has 0 bridgehead atoms. The number of benzene rings is 1. The van der Waals surface area contributed by atoms with Gasteiger partial charge in [0.1, 0.15) is 5.75 Å². The van der Waals surface area contributed by atoms with E-state index in [-0.39, 0.29) is 11.5 Å². The maximum atomic E-state index is 12.3. The van der Waals surface area contributed by atoms with Crippen molar-refractivity contribution in [3.63, 3.8) is 0 Å². The molecule has 2 atom stereocenters. The van der Waals surface area contributed by atoms with Gasteiger partial charge in [0.15, 0.2) is 5.56 Å². The smallest absolute Gasteiger partial charge is 0.255 e. The Hall–Kier alpha value is -1.26. The van der Waals surface area contributed by atoms with Crippen molar-refractivity contribution in [2.75, 3.05) is 13.1 Å². The molecule has 1 aromatic carbocycles. The van der Waals surface area contributed by atoms with Crippen LogP contribution in [0.4, 0.5) is 0 Å². The van der Waals surface area contributed by atoms with E-state index < -0.39 is 0 Å². The Bertz CT molecular complexity index is 501. The number of fused-ring (bicyclic) bond motifs is 1. The second-order valence-corrected chi connectivity index (χ2v) is 5.87. The van der Waals surface area contributed by atoms with E-state index in [1.165, 1.54) is 12.8 Å². The van der Waals surface area contributed by atoms with Crippen LogP contribution in [0.2, 0.25) is 0 Å². The average molecular weight is 295 g/mol. The minimum absolute atomic E-state index is 0.0833. The molecule has 1 aromatic rings. The number of carbonyl (C=O) groups excluding carboxylic acids is 1.